The van der Waals surface area contributed by atoms with Crippen molar-refractivity contribution in [2.24, 2.45) is 0 Å². The highest BCUT2D eigenvalue weighted by Crippen LogP contribution is 2.55. The van der Waals surface area contributed by atoms with Crippen LogP contribution in [-0.2, 0) is 5.41 Å². The monoisotopic (exact) mass is 590 g/mol. The smallest absolute Gasteiger partial charge is 0.135 e. The molecule has 0 bridgehead atoms. The average Bonchev–Trinajstić information content (AvgIpc) is 3.73. The molecule has 3 nitrogen and oxygen atoms in total. The van der Waals surface area contributed by atoms with Crippen LogP contribution in [0.4, 0.5) is 11.4 Å². The number of hydrogen-bond donors (Lipinski definition) is 0. The van der Waals surface area contributed by atoms with E-state index in [-0.39, 0.29) is 5.41 Å². The topological polar surface area (TPSA) is 21.3 Å². The maximum atomic E-state index is 6.15. The Morgan fingerprint density at radius 2 is 1.33 bits per heavy atom. The summed E-state index contributed by atoms with van der Waals surface area (Å²) in [5.41, 5.74) is 13.0. The van der Waals surface area contributed by atoms with E-state index in [0.717, 1.165) is 34.0 Å². The minimum atomic E-state index is -0.0774. The van der Waals surface area contributed by atoms with Crippen molar-refractivity contribution in [2.75, 3.05) is 4.90 Å². The molecule has 0 fully saturated rings. The summed E-state index contributed by atoms with van der Waals surface area (Å²) in [5.74, 6) is 0. The number of anilines is 2. The predicted octanol–water partition coefficient (Wildman–Crippen LogP) is 11.6. The molecular formula is C43H30N2O. The fraction of sp³-hybridized carbons (Fsp3) is 0.0698. The summed E-state index contributed by atoms with van der Waals surface area (Å²) in [5, 5.41) is 4.79. The van der Waals surface area contributed by atoms with E-state index >= 15 is 0 Å². The second-order valence-electron chi connectivity index (χ2n) is 12.8. The maximum Gasteiger partial charge on any atom is 0.135 e. The van der Waals surface area contributed by atoms with Crippen molar-refractivity contribution in [2.45, 2.75) is 18.8 Å². The van der Waals surface area contributed by atoms with Gasteiger partial charge in [-0.3, -0.25) is 0 Å². The molecule has 2 aliphatic rings. The van der Waals surface area contributed by atoms with Gasteiger partial charge in [0.1, 0.15) is 11.2 Å². The standard InChI is InChI=1S/C43H30N2O/c1-43-24-10-9-17-42(43)45(30-11-3-2-4-12-30)39-22-19-29(26-36(39)43)28-18-21-38-34(25-28)32-13-5-7-15-37(32)44(38)31-20-23-41-35(27-31)33-14-6-8-16-40(33)46-41/h2-23,25-27H,24H2,1H3. The Balaban J connectivity index is 1.14. The van der Waals surface area contributed by atoms with Gasteiger partial charge in [0.25, 0.3) is 0 Å². The molecular weight excluding hydrogens is 560 g/mol. The third kappa shape index (κ3) is 3.48. The second kappa shape index (κ2) is 9.35. The first-order valence-corrected chi connectivity index (χ1v) is 16.0. The molecule has 0 spiro atoms. The number of furan rings is 1. The zero-order valence-electron chi connectivity index (χ0n) is 25.4. The molecule has 2 aromatic heterocycles. The molecule has 8 aromatic rings. The van der Waals surface area contributed by atoms with Crippen LogP contribution in [0.1, 0.15) is 18.9 Å². The van der Waals surface area contributed by atoms with E-state index in [9.17, 15) is 0 Å². The van der Waals surface area contributed by atoms with Crippen LogP contribution in [0.3, 0.4) is 0 Å². The van der Waals surface area contributed by atoms with Gasteiger partial charge in [0, 0.05) is 44.0 Å². The van der Waals surface area contributed by atoms with Crippen LogP contribution in [0, 0.1) is 0 Å². The van der Waals surface area contributed by atoms with E-state index in [1.807, 2.05) is 12.1 Å². The Labute approximate surface area is 266 Å². The number of nitrogens with zero attached hydrogens (tertiary/aromatic N) is 2. The first-order chi connectivity index (χ1) is 22.7. The van der Waals surface area contributed by atoms with Gasteiger partial charge in [0.15, 0.2) is 0 Å². The van der Waals surface area contributed by atoms with Crippen molar-refractivity contribution in [3.63, 3.8) is 0 Å². The number of fused-ring (bicyclic) bond motifs is 9. The molecule has 0 saturated carbocycles. The van der Waals surface area contributed by atoms with Crippen LogP contribution < -0.4 is 4.90 Å². The van der Waals surface area contributed by atoms with Crippen molar-refractivity contribution in [1.82, 2.24) is 4.57 Å². The Kier molecular flexibility index (Phi) is 5.19. The van der Waals surface area contributed by atoms with Crippen LogP contribution in [0.15, 0.2) is 162 Å². The maximum absolute atomic E-state index is 6.15. The highest BCUT2D eigenvalue weighted by atomic mass is 16.3. The molecule has 218 valence electrons. The van der Waals surface area contributed by atoms with E-state index in [1.54, 1.807) is 0 Å². The summed E-state index contributed by atoms with van der Waals surface area (Å²) in [7, 11) is 0. The van der Waals surface area contributed by atoms with E-state index in [2.05, 4.69) is 156 Å². The third-order valence-electron chi connectivity index (χ3n) is 10.2. The van der Waals surface area contributed by atoms with Gasteiger partial charge in [0.2, 0.25) is 0 Å². The molecule has 10 rings (SSSR count). The second-order valence-corrected chi connectivity index (χ2v) is 12.8. The first kappa shape index (κ1) is 25.5. The van der Waals surface area contributed by atoms with Crippen LogP contribution in [0.25, 0.3) is 60.6 Å². The number of para-hydroxylation sites is 3. The molecule has 3 heterocycles. The molecule has 1 aliphatic heterocycles. The number of benzene rings is 6. The van der Waals surface area contributed by atoms with Crippen LogP contribution in [0.5, 0.6) is 0 Å². The van der Waals surface area contributed by atoms with Crippen LogP contribution in [-0.4, -0.2) is 4.57 Å². The van der Waals surface area contributed by atoms with Gasteiger partial charge in [-0.1, -0.05) is 78.9 Å². The quantitative estimate of drug-likeness (QED) is 0.204. The zero-order valence-corrected chi connectivity index (χ0v) is 25.4. The van der Waals surface area contributed by atoms with Crippen molar-refractivity contribution in [1.29, 1.82) is 0 Å². The minimum absolute atomic E-state index is 0.0774. The van der Waals surface area contributed by atoms with Gasteiger partial charge >= 0.3 is 0 Å². The Morgan fingerprint density at radius 1 is 0.587 bits per heavy atom. The number of allylic oxidation sites excluding steroid dienone is 4. The average molecular weight is 591 g/mol. The Morgan fingerprint density at radius 3 is 2.24 bits per heavy atom. The number of rotatable bonds is 3. The summed E-state index contributed by atoms with van der Waals surface area (Å²) < 4.78 is 8.54. The summed E-state index contributed by atoms with van der Waals surface area (Å²) >= 11 is 0. The zero-order chi connectivity index (χ0) is 30.4. The lowest BCUT2D eigenvalue weighted by molar-refractivity contribution is 0.577. The lowest BCUT2D eigenvalue weighted by atomic mass is 9.76. The van der Waals surface area contributed by atoms with Gasteiger partial charge < -0.3 is 13.9 Å². The van der Waals surface area contributed by atoms with Crippen molar-refractivity contribution >= 4 is 55.1 Å². The van der Waals surface area contributed by atoms with E-state index < -0.39 is 0 Å². The lowest BCUT2D eigenvalue weighted by Gasteiger charge is -2.31. The fourth-order valence-electron chi connectivity index (χ4n) is 7.94. The molecule has 0 amide bonds. The molecule has 0 radical (unpaired) electrons. The van der Waals surface area contributed by atoms with Gasteiger partial charge in [-0.05, 0) is 103 Å². The summed E-state index contributed by atoms with van der Waals surface area (Å²) in [6, 6.07) is 48.3. The SMILES string of the molecule is CC12CC=CC=C1N(c1ccccc1)c1ccc(-c3ccc4c(c3)c3ccccc3n4-c3ccc4oc5ccccc5c4c3)cc12. The molecule has 46 heavy (non-hydrogen) atoms. The van der Waals surface area contributed by atoms with Gasteiger partial charge in [0.05, 0.1) is 16.7 Å². The Bertz CT molecular complexity index is 2580. The molecule has 1 unspecified atom stereocenters. The van der Waals surface area contributed by atoms with Crippen LogP contribution in [0.2, 0.25) is 0 Å². The highest BCUT2D eigenvalue weighted by Gasteiger charge is 2.44. The Hall–Kier alpha value is -5.80. The van der Waals surface area contributed by atoms with Crippen molar-refractivity contribution < 1.29 is 4.42 Å². The summed E-state index contributed by atoms with van der Waals surface area (Å²) in [6.45, 7) is 2.39. The predicted molar refractivity (Wildman–Crippen MR) is 191 cm³/mol. The van der Waals surface area contributed by atoms with Crippen molar-refractivity contribution in [3.05, 3.63) is 163 Å². The largest absolute Gasteiger partial charge is 0.456 e. The first-order valence-electron chi connectivity index (χ1n) is 16.0. The van der Waals surface area contributed by atoms with E-state index in [0.29, 0.717) is 0 Å². The molecule has 1 atom stereocenters. The molecule has 1 aliphatic carbocycles. The van der Waals surface area contributed by atoms with Crippen LogP contribution >= 0.6 is 0 Å². The molecule has 3 heteroatoms. The molecule has 0 saturated heterocycles. The highest BCUT2D eigenvalue weighted by molar-refractivity contribution is 6.11. The van der Waals surface area contributed by atoms with Gasteiger partial charge in [-0.25, -0.2) is 0 Å². The number of aromatic nitrogens is 1. The van der Waals surface area contributed by atoms with Gasteiger partial charge in [-0.2, -0.15) is 0 Å². The van der Waals surface area contributed by atoms with E-state index in [1.165, 1.54) is 55.6 Å². The minimum Gasteiger partial charge on any atom is -0.456 e. The normalized spacial score (nSPS) is 17.2. The molecule has 0 N–H and O–H groups in total. The summed E-state index contributed by atoms with van der Waals surface area (Å²) in [6.07, 6.45) is 7.79. The molecule has 6 aromatic carbocycles. The van der Waals surface area contributed by atoms with Gasteiger partial charge in [-0.15, -0.1) is 0 Å². The fourth-order valence-corrected chi connectivity index (χ4v) is 7.94. The van der Waals surface area contributed by atoms with Crippen molar-refractivity contribution in [3.8, 4) is 16.8 Å². The summed E-state index contributed by atoms with van der Waals surface area (Å²) in [4.78, 5) is 2.44. The number of hydrogen-bond acceptors (Lipinski definition) is 2. The van der Waals surface area contributed by atoms with E-state index in [4.69, 9.17) is 4.42 Å². The lowest BCUT2D eigenvalue weighted by Crippen LogP contribution is -2.26. The third-order valence-corrected chi connectivity index (χ3v) is 10.2.